The fourth-order valence-electron chi connectivity index (χ4n) is 2.21. The minimum atomic E-state index is -0.511. The summed E-state index contributed by atoms with van der Waals surface area (Å²) in [5.74, 6) is -0.219. The molecule has 0 aromatic heterocycles. The molecule has 1 aliphatic heterocycles. The van der Waals surface area contributed by atoms with Crippen molar-refractivity contribution < 1.29 is 19.0 Å². The molecule has 102 valence electrons. The first kappa shape index (κ1) is 12.9. The van der Waals surface area contributed by atoms with Crippen molar-refractivity contribution >= 4 is 17.4 Å². The van der Waals surface area contributed by atoms with Crippen molar-refractivity contribution in [2.45, 2.75) is 12.5 Å². The first-order valence-electron chi connectivity index (χ1n) is 6.02. The lowest BCUT2D eigenvalue weighted by atomic mass is 9.96. The summed E-state index contributed by atoms with van der Waals surface area (Å²) in [6, 6.07) is 8.63. The van der Waals surface area contributed by atoms with Gasteiger partial charge in [0.15, 0.2) is 5.78 Å². The van der Waals surface area contributed by atoms with Gasteiger partial charge < -0.3 is 9.84 Å². The number of carbonyl (C=O) groups is 1. The van der Waals surface area contributed by atoms with Crippen LogP contribution < -0.4 is 4.74 Å². The standard InChI is InChI=1S/C15H10ClFO3/c16-11-5-8(1-3-12(11)17)15-7-13(19)10-6-9(18)2-4-14(10)20-15/h1-6,15,18H,7H2. The van der Waals surface area contributed by atoms with Crippen molar-refractivity contribution in [3.63, 3.8) is 0 Å². The van der Waals surface area contributed by atoms with Gasteiger partial charge >= 0.3 is 0 Å². The lowest BCUT2D eigenvalue weighted by Crippen LogP contribution is -2.20. The molecule has 0 bridgehead atoms. The molecule has 0 aliphatic carbocycles. The van der Waals surface area contributed by atoms with Gasteiger partial charge in [-0.15, -0.1) is 0 Å². The van der Waals surface area contributed by atoms with Crippen LogP contribution in [0.25, 0.3) is 0 Å². The Kier molecular flexibility index (Phi) is 3.10. The number of aromatic hydroxyl groups is 1. The summed E-state index contributed by atoms with van der Waals surface area (Å²) in [6.07, 6.45) is -0.379. The van der Waals surface area contributed by atoms with Gasteiger partial charge in [0.05, 0.1) is 17.0 Å². The van der Waals surface area contributed by atoms with E-state index in [0.717, 1.165) is 0 Å². The molecule has 1 N–H and O–H groups in total. The third-order valence-electron chi connectivity index (χ3n) is 3.22. The fourth-order valence-corrected chi connectivity index (χ4v) is 2.40. The van der Waals surface area contributed by atoms with Gasteiger partial charge in [0.2, 0.25) is 0 Å². The molecule has 2 aromatic rings. The maximum absolute atomic E-state index is 13.2. The van der Waals surface area contributed by atoms with Crippen LogP contribution in [0.15, 0.2) is 36.4 Å². The smallest absolute Gasteiger partial charge is 0.170 e. The van der Waals surface area contributed by atoms with Crippen LogP contribution in [0.2, 0.25) is 5.02 Å². The molecule has 0 saturated carbocycles. The molecule has 3 nitrogen and oxygen atoms in total. The van der Waals surface area contributed by atoms with Crippen molar-refractivity contribution in [3.05, 3.63) is 58.4 Å². The highest BCUT2D eigenvalue weighted by atomic mass is 35.5. The molecule has 1 aliphatic rings. The number of ether oxygens (including phenoxy) is 1. The lowest BCUT2D eigenvalue weighted by Gasteiger charge is -2.25. The first-order chi connectivity index (χ1) is 9.54. The average Bonchev–Trinajstić information content (AvgIpc) is 2.42. The van der Waals surface area contributed by atoms with Gasteiger partial charge in [-0.3, -0.25) is 4.79 Å². The number of carbonyl (C=O) groups excluding carboxylic acids is 1. The van der Waals surface area contributed by atoms with Crippen molar-refractivity contribution in [2.24, 2.45) is 0 Å². The number of rotatable bonds is 1. The number of benzene rings is 2. The second-order valence-electron chi connectivity index (χ2n) is 4.59. The van der Waals surface area contributed by atoms with Gasteiger partial charge in [0, 0.05) is 0 Å². The third kappa shape index (κ3) is 2.23. The summed E-state index contributed by atoms with van der Waals surface area (Å²) in [5.41, 5.74) is 0.998. The molecule has 3 rings (SSSR count). The number of phenolic OH excluding ortho intramolecular Hbond substituents is 1. The van der Waals surface area contributed by atoms with Gasteiger partial charge in [-0.1, -0.05) is 17.7 Å². The lowest BCUT2D eigenvalue weighted by molar-refractivity contribution is 0.0849. The van der Waals surface area contributed by atoms with Crippen LogP contribution in [0.4, 0.5) is 4.39 Å². The number of phenols is 1. The van der Waals surface area contributed by atoms with Crippen LogP contribution in [-0.4, -0.2) is 10.9 Å². The minimum absolute atomic E-state index is 0.00458. The Morgan fingerprint density at radius 1 is 1.25 bits per heavy atom. The molecule has 0 radical (unpaired) electrons. The SMILES string of the molecule is O=C1CC(c2ccc(F)c(Cl)c2)Oc2ccc(O)cc21. The van der Waals surface area contributed by atoms with E-state index in [1.165, 1.54) is 24.3 Å². The van der Waals surface area contributed by atoms with Crippen molar-refractivity contribution in [1.82, 2.24) is 0 Å². The second kappa shape index (κ2) is 4.80. The topological polar surface area (TPSA) is 46.5 Å². The highest BCUT2D eigenvalue weighted by Crippen LogP contribution is 2.37. The predicted octanol–water partition coefficient (Wildman–Crippen LogP) is 3.89. The summed E-state index contributed by atoms with van der Waals surface area (Å²) >= 11 is 5.74. The van der Waals surface area contributed by atoms with Crippen LogP contribution in [0.1, 0.15) is 28.4 Å². The Balaban J connectivity index is 1.97. The molecule has 1 atom stereocenters. The van der Waals surface area contributed by atoms with E-state index < -0.39 is 11.9 Å². The normalized spacial score (nSPS) is 17.5. The van der Waals surface area contributed by atoms with Gasteiger partial charge in [-0.25, -0.2) is 4.39 Å². The monoisotopic (exact) mass is 292 g/mol. The number of ketones is 1. The van der Waals surface area contributed by atoms with Crippen LogP contribution >= 0.6 is 11.6 Å². The maximum atomic E-state index is 13.2. The van der Waals surface area contributed by atoms with Crippen LogP contribution in [-0.2, 0) is 0 Å². The Bertz CT molecular complexity index is 700. The first-order valence-corrected chi connectivity index (χ1v) is 6.40. The van der Waals surface area contributed by atoms with E-state index in [9.17, 15) is 14.3 Å². The Morgan fingerprint density at radius 2 is 2.05 bits per heavy atom. The molecule has 1 heterocycles. The number of hydrogen-bond acceptors (Lipinski definition) is 3. The Labute approximate surface area is 119 Å². The molecule has 0 spiro atoms. The average molecular weight is 293 g/mol. The maximum Gasteiger partial charge on any atom is 0.170 e. The molecule has 0 fully saturated rings. The van der Waals surface area contributed by atoms with Crippen LogP contribution in [0.3, 0.4) is 0 Å². The summed E-state index contributed by atoms with van der Waals surface area (Å²) in [5, 5.41) is 9.38. The molecular weight excluding hydrogens is 283 g/mol. The van der Waals surface area contributed by atoms with Gasteiger partial charge in [-0.2, -0.15) is 0 Å². The van der Waals surface area contributed by atoms with E-state index in [-0.39, 0.29) is 23.0 Å². The van der Waals surface area contributed by atoms with Gasteiger partial charge in [0.25, 0.3) is 0 Å². The summed E-state index contributed by atoms with van der Waals surface area (Å²) in [4.78, 5) is 12.1. The molecule has 0 saturated heterocycles. The van der Waals surface area contributed by atoms with Crippen molar-refractivity contribution in [3.8, 4) is 11.5 Å². The predicted molar refractivity (Wildman–Crippen MR) is 71.8 cm³/mol. The number of hydrogen-bond donors (Lipinski definition) is 1. The summed E-state index contributed by atoms with van der Waals surface area (Å²) in [6.45, 7) is 0. The van der Waals surface area contributed by atoms with Crippen molar-refractivity contribution in [2.75, 3.05) is 0 Å². The summed E-state index contributed by atoms with van der Waals surface area (Å²) < 4.78 is 18.9. The molecule has 2 aromatic carbocycles. The molecular formula is C15H10ClFO3. The van der Waals surface area contributed by atoms with E-state index in [2.05, 4.69) is 0 Å². The zero-order valence-electron chi connectivity index (χ0n) is 10.3. The van der Waals surface area contributed by atoms with Crippen LogP contribution in [0.5, 0.6) is 11.5 Å². The van der Waals surface area contributed by atoms with Gasteiger partial charge in [0.1, 0.15) is 23.4 Å². The second-order valence-corrected chi connectivity index (χ2v) is 5.00. The van der Waals surface area contributed by atoms with Crippen LogP contribution in [0, 0.1) is 5.82 Å². The molecule has 20 heavy (non-hydrogen) atoms. The zero-order chi connectivity index (χ0) is 14.3. The molecule has 1 unspecified atom stereocenters. The fraction of sp³-hybridized carbons (Fsp3) is 0.133. The molecule has 5 heteroatoms. The minimum Gasteiger partial charge on any atom is -0.508 e. The van der Waals surface area contributed by atoms with E-state index >= 15 is 0 Å². The zero-order valence-corrected chi connectivity index (χ0v) is 11.0. The Hall–Kier alpha value is -2.07. The quantitative estimate of drug-likeness (QED) is 0.867. The van der Waals surface area contributed by atoms with Gasteiger partial charge in [-0.05, 0) is 35.9 Å². The largest absolute Gasteiger partial charge is 0.508 e. The van der Waals surface area contributed by atoms with E-state index in [0.29, 0.717) is 16.9 Å². The number of halogens is 2. The van der Waals surface area contributed by atoms with Crippen molar-refractivity contribution in [1.29, 1.82) is 0 Å². The number of Topliss-reactive ketones (excluding diaryl/α,β-unsaturated/α-hetero) is 1. The van der Waals surface area contributed by atoms with E-state index in [4.69, 9.17) is 16.3 Å². The van der Waals surface area contributed by atoms with E-state index in [1.54, 1.807) is 12.1 Å². The number of fused-ring (bicyclic) bond motifs is 1. The summed E-state index contributed by atoms with van der Waals surface area (Å²) in [7, 11) is 0. The highest BCUT2D eigenvalue weighted by Gasteiger charge is 2.28. The van der Waals surface area contributed by atoms with E-state index in [1.807, 2.05) is 0 Å². The molecule has 0 amide bonds. The Morgan fingerprint density at radius 3 is 2.80 bits per heavy atom. The highest BCUT2D eigenvalue weighted by molar-refractivity contribution is 6.30. The third-order valence-corrected chi connectivity index (χ3v) is 3.51.